The molecule has 0 amide bonds. The van der Waals surface area contributed by atoms with E-state index in [4.69, 9.17) is 0 Å². The van der Waals surface area contributed by atoms with Gasteiger partial charge in [0.1, 0.15) is 0 Å². The second-order valence-electron chi connectivity index (χ2n) is 4.52. The van der Waals surface area contributed by atoms with Gasteiger partial charge in [0.2, 0.25) is 0 Å². The van der Waals surface area contributed by atoms with Crippen molar-refractivity contribution in [3.63, 3.8) is 0 Å². The van der Waals surface area contributed by atoms with Crippen LogP contribution in [0.25, 0.3) is 0 Å². The average molecular weight is 307 g/mol. The van der Waals surface area contributed by atoms with Crippen molar-refractivity contribution in [2.45, 2.75) is 71.1 Å². The van der Waals surface area contributed by atoms with Crippen molar-refractivity contribution in [2.75, 3.05) is 6.16 Å². The van der Waals surface area contributed by atoms with E-state index in [-0.39, 0.29) is 22.9 Å². The molecule has 5 heteroatoms. The molecule has 0 aliphatic heterocycles. The van der Waals surface area contributed by atoms with Gasteiger partial charge in [-0.25, -0.2) is 0 Å². The van der Waals surface area contributed by atoms with E-state index in [0.29, 0.717) is 6.42 Å². The molecule has 1 radical (unpaired) electrons. The molecule has 0 aliphatic rings. The minimum Gasteiger partial charge on any atom is -0.811 e. The second kappa shape index (κ2) is 13.1. The first-order valence-electron chi connectivity index (χ1n) is 6.57. The molecule has 0 spiro atoms. The van der Waals surface area contributed by atoms with Gasteiger partial charge in [-0.05, 0) is 12.6 Å². The Hall–Kier alpha value is 0.656. The van der Waals surface area contributed by atoms with Crippen LogP contribution in [-0.4, -0.2) is 6.16 Å². The molecule has 0 bridgehead atoms. The smallest absolute Gasteiger partial charge is 0.811 e. The predicted octanol–water partition coefficient (Wildman–Crippen LogP) is 2.82. The number of unbranched alkanes of at least 4 members (excludes halogenated alkanes) is 9. The summed E-state index contributed by atoms with van der Waals surface area (Å²) < 4.78 is 10.3. The fourth-order valence-electron chi connectivity index (χ4n) is 1.79. The Morgan fingerprint density at radius 2 is 1.12 bits per heavy atom. The van der Waals surface area contributed by atoms with Crippen LogP contribution in [0.5, 0.6) is 0 Å². The van der Waals surface area contributed by atoms with Crippen LogP contribution in [0.4, 0.5) is 0 Å². The molecule has 0 fully saturated rings. The van der Waals surface area contributed by atoms with Crippen molar-refractivity contribution in [2.24, 2.45) is 0 Å². The monoisotopic (exact) mass is 307 g/mol. The Morgan fingerprint density at radius 1 is 0.765 bits per heavy atom. The van der Waals surface area contributed by atoms with Gasteiger partial charge < -0.3 is 14.4 Å². The van der Waals surface area contributed by atoms with E-state index < -0.39 is 7.60 Å². The molecular weight excluding hydrogens is 282 g/mol. The van der Waals surface area contributed by atoms with E-state index in [1.54, 1.807) is 0 Å². The molecule has 0 N–H and O–H groups in total. The number of hydrogen-bond donors (Lipinski definition) is 0. The molecule has 17 heavy (non-hydrogen) atoms. The van der Waals surface area contributed by atoms with Crippen LogP contribution in [0.3, 0.4) is 0 Å². The summed E-state index contributed by atoms with van der Waals surface area (Å²) >= 11 is 0. The predicted molar refractivity (Wildman–Crippen MR) is 64.3 cm³/mol. The third-order valence-electron chi connectivity index (χ3n) is 2.79. The first-order chi connectivity index (χ1) is 7.56. The van der Waals surface area contributed by atoms with Crippen LogP contribution in [0.1, 0.15) is 71.1 Å². The third kappa shape index (κ3) is 19.2. The summed E-state index contributed by atoms with van der Waals surface area (Å²) in [7, 11) is -4.24. The summed E-state index contributed by atoms with van der Waals surface area (Å²) in [5.41, 5.74) is 0. The molecule has 0 atom stereocenters. The van der Waals surface area contributed by atoms with Crippen molar-refractivity contribution < 1.29 is 31.1 Å². The third-order valence-corrected chi connectivity index (χ3v) is 3.65. The molecular formula is C12H25CoO3P. The Morgan fingerprint density at radius 3 is 1.47 bits per heavy atom. The van der Waals surface area contributed by atoms with E-state index in [2.05, 4.69) is 6.92 Å². The standard InChI is InChI=1S/C12H27O3P.Co/c1-2-3-4-5-6-7-8-9-10-11-12-16(13,14)15;/h2-12H2,1H3,(H2,13,14,15);/q;+2/p-2. The largest absolute Gasteiger partial charge is 2.00 e. The van der Waals surface area contributed by atoms with Gasteiger partial charge in [-0.15, -0.1) is 0 Å². The zero-order valence-corrected chi connectivity index (χ0v) is 12.7. The van der Waals surface area contributed by atoms with Gasteiger partial charge in [-0.1, -0.05) is 72.3 Å². The summed E-state index contributed by atoms with van der Waals surface area (Å²) in [6.45, 7) is 2.21. The molecule has 0 saturated carbocycles. The van der Waals surface area contributed by atoms with Crippen molar-refractivity contribution >= 4 is 7.60 Å². The first-order valence-corrected chi connectivity index (χ1v) is 8.30. The molecule has 0 rings (SSSR count). The van der Waals surface area contributed by atoms with Crippen LogP contribution in [-0.2, 0) is 21.3 Å². The molecule has 0 aromatic rings. The van der Waals surface area contributed by atoms with Gasteiger partial charge in [-0.2, -0.15) is 0 Å². The van der Waals surface area contributed by atoms with E-state index in [9.17, 15) is 14.4 Å². The van der Waals surface area contributed by atoms with Gasteiger partial charge in [-0.3, -0.25) is 0 Å². The maximum atomic E-state index is 10.3. The Bertz CT molecular complexity index is 194. The van der Waals surface area contributed by atoms with Crippen molar-refractivity contribution in [1.82, 2.24) is 0 Å². The van der Waals surface area contributed by atoms with E-state index >= 15 is 0 Å². The SMILES string of the molecule is CCCCCCCCCCCCP(=O)([O-])[O-].[Co+2]. The summed E-state index contributed by atoms with van der Waals surface area (Å²) in [5.74, 6) is 0. The van der Waals surface area contributed by atoms with Gasteiger partial charge in [0.25, 0.3) is 0 Å². The Kier molecular flexibility index (Phi) is 15.4. The molecule has 105 valence electrons. The molecule has 0 aromatic heterocycles. The quantitative estimate of drug-likeness (QED) is 0.435. The van der Waals surface area contributed by atoms with Gasteiger partial charge in [0.05, 0.1) is 0 Å². The fourth-order valence-corrected chi connectivity index (χ4v) is 2.40. The Labute approximate surface area is 116 Å². The minimum absolute atomic E-state index is 0. The summed E-state index contributed by atoms with van der Waals surface area (Å²) in [6.07, 6.45) is 11.3. The van der Waals surface area contributed by atoms with Crippen LogP contribution in [0, 0.1) is 0 Å². The van der Waals surface area contributed by atoms with Gasteiger partial charge in [0, 0.05) is 0 Å². The maximum absolute atomic E-state index is 10.3. The molecule has 0 saturated heterocycles. The van der Waals surface area contributed by atoms with E-state index in [1.807, 2.05) is 0 Å². The summed E-state index contributed by atoms with van der Waals surface area (Å²) in [5, 5.41) is 0. The van der Waals surface area contributed by atoms with Crippen LogP contribution < -0.4 is 9.79 Å². The molecule has 0 unspecified atom stereocenters. The topological polar surface area (TPSA) is 63.2 Å². The van der Waals surface area contributed by atoms with Crippen LogP contribution in [0.2, 0.25) is 0 Å². The molecule has 3 nitrogen and oxygen atoms in total. The minimum atomic E-state index is -4.24. The Balaban J connectivity index is 0. The van der Waals surface area contributed by atoms with Crippen LogP contribution in [0.15, 0.2) is 0 Å². The van der Waals surface area contributed by atoms with Gasteiger partial charge >= 0.3 is 16.8 Å². The molecule has 0 heterocycles. The normalized spacial score (nSPS) is 11.2. The van der Waals surface area contributed by atoms with Crippen LogP contribution >= 0.6 is 7.60 Å². The van der Waals surface area contributed by atoms with Gasteiger partial charge in [0.15, 0.2) is 0 Å². The zero-order valence-electron chi connectivity index (χ0n) is 10.8. The first kappa shape index (κ1) is 20.0. The van der Waals surface area contributed by atoms with E-state index in [1.165, 1.54) is 44.9 Å². The maximum Gasteiger partial charge on any atom is 2.00 e. The van der Waals surface area contributed by atoms with Crippen molar-refractivity contribution in [3.8, 4) is 0 Å². The van der Waals surface area contributed by atoms with Crippen molar-refractivity contribution in [3.05, 3.63) is 0 Å². The second-order valence-corrected chi connectivity index (χ2v) is 6.19. The number of rotatable bonds is 11. The average Bonchev–Trinajstić information content (AvgIpc) is 2.19. The summed E-state index contributed by atoms with van der Waals surface area (Å²) in [6, 6.07) is 0. The van der Waals surface area contributed by atoms with E-state index in [0.717, 1.165) is 12.8 Å². The zero-order chi connectivity index (χ0) is 12.3. The van der Waals surface area contributed by atoms with Crippen molar-refractivity contribution in [1.29, 1.82) is 0 Å². The molecule has 0 aliphatic carbocycles. The summed E-state index contributed by atoms with van der Waals surface area (Å²) in [4.78, 5) is 20.7. The fraction of sp³-hybridized carbons (Fsp3) is 1.00. The number of hydrogen-bond acceptors (Lipinski definition) is 3. The molecule has 0 aromatic carbocycles.